The number of Topliss-reactive ketones (excluding diaryl/α,β-unsaturated/α-hetero) is 2. The third-order valence-electron chi connectivity index (χ3n) is 10.9. The predicted octanol–water partition coefficient (Wildman–Crippen LogP) is 5.01. The van der Waals surface area contributed by atoms with Gasteiger partial charge in [0, 0.05) is 36.1 Å². The molecular formula is C40H51N3O6. The van der Waals surface area contributed by atoms with Gasteiger partial charge in [-0.1, -0.05) is 68.8 Å². The number of allylic oxidation sites excluding steroid dienone is 6. The van der Waals surface area contributed by atoms with Crippen LogP contribution in [0.3, 0.4) is 0 Å². The Hall–Kier alpha value is -3.79. The molecule has 262 valence electrons. The van der Waals surface area contributed by atoms with E-state index in [1.807, 2.05) is 19.1 Å². The number of dihydropyridines is 1. The van der Waals surface area contributed by atoms with Gasteiger partial charge in [0.1, 0.15) is 0 Å². The predicted molar refractivity (Wildman–Crippen MR) is 189 cm³/mol. The van der Waals surface area contributed by atoms with Crippen LogP contribution >= 0.6 is 0 Å². The number of aliphatic hydroxyl groups excluding tert-OH is 1. The highest BCUT2D eigenvalue weighted by atomic mass is 16.7. The standard InChI is InChI=1S/C40H51N3O6/c1-5-42-33-20-28-10-7-6-9-27(28)19-30(33)23-48-38(47)40-37(46)35-29(17-24(2)3)11-8-12-32(35)36(45)39(40,49-40)21-31(22-44)25(4)13-14-26-15-16-43-34(41)18-26/h7-8,10-12,15,18,20,24,27,30,33,42-44H,5-6,9,13-14,16-17,19,21-23,41H2,1-4H3/b31-25-/t27-,30-,33+,39-,40-/m0/s1. The Morgan fingerprint density at radius 2 is 2.06 bits per heavy atom. The van der Waals surface area contributed by atoms with E-state index in [0.717, 1.165) is 42.5 Å². The van der Waals surface area contributed by atoms with Gasteiger partial charge in [0.25, 0.3) is 5.60 Å². The number of fused-ring (bicyclic) bond motifs is 3. The molecule has 0 radical (unpaired) electrons. The molecule has 1 fully saturated rings. The molecule has 1 aromatic carbocycles. The lowest BCUT2D eigenvalue weighted by Crippen LogP contribution is -2.52. The van der Waals surface area contributed by atoms with Crippen molar-refractivity contribution in [2.45, 2.75) is 89.9 Å². The van der Waals surface area contributed by atoms with Gasteiger partial charge in [0.05, 0.1) is 19.0 Å². The largest absolute Gasteiger partial charge is 0.463 e. The van der Waals surface area contributed by atoms with Gasteiger partial charge < -0.3 is 30.9 Å². The van der Waals surface area contributed by atoms with Gasteiger partial charge in [-0.25, -0.2) is 4.79 Å². The van der Waals surface area contributed by atoms with Crippen LogP contribution in [-0.2, 0) is 20.7 Å². The average molecular weight is 670 g/mol. The number of likely N-dealkylation sites (N-methyl/N-ethyl adjacent to an activating group) is 1. The minimum absolute atomic E-state index is 0.00871. The maximum atomic E-state index is 14.7. The van der Waals surface area contributed by atoms with E-state index in [9.17, 15) is 19.5 Å². The Kier molecular flexibility index (Phi) is 10.2. The first-order valence-corrected chi connectivity index (χ1v) is 17.9. The second-order valence-electron chi connectivity index (χ2n) is 14.7. The number of rotatable bonds is 13. The SMILES string of the molecule is CCN[C@@H]1C=C2C=CCC[C@H]2C[C@H]1COC(=O)[C@]12O[C@@]1(C/C(CO)=C(\C)CCC1=CCNC(N)=C1)C(=O)c1cccc(CC(C)C)c1C2=O. The van der Waals surface area contributed by atoms with Crippen LogP contribution in [0.25, 0.3) is 0 Å². The van der Waals surface area contributed by atoms with Gasteiger partial charge in [-0.05, 0) is 92.2 Å². The molecule has 0 saturated carbocycles. The number of hydrogen-bond acceptors (Lipinski definition) is 9. The molecule has 2 aliphatic heterocycles. The summed E-state index contributed by atoms with van der Waals surface area (Å²) in [6.07, 6.45) is 15.3. The number of nitrogens with one attached hydrogen (secondary N) is 2. The number of carbonyl (C=O) groups is 3. The molecule has 2 heterocycles. The molecule has 5 atom stereocenters. The summed E-state index contributed by atoms with van der Waals surface area (Å²) in [6.45, 7) is 9.25. The van der Waals surface area contributed by atoms with Crippen molar-refractivity contribution in [1.29, 1.82) is 0 Å². The quantitative estimate of drug-likeness (QED) is 0.0986. The van der Waals surface area contributed by atoms with Crippen molar-refractivity contribution in [2.75, 3.05) is 26.3 Å². The fourth-order valence-electron chi connectivity index (χ4n) is 8.25. The molecule has 6 rings (SSSR count). The Balaban J connectivity index is 1.31. The number of aliphatic hydroxyl groups is 1. The van der Waals surface area contributed by atoms with Crippen molar-refractivity contribution in [3.63, 3.8) is 0 Å². The Bertz CT molecular complexity index is 1670. The number of esters is 1. The zero-order valence-corrected chi connectivity index (χ0v) is 29.3. The van der Waals surface area contributed by atoms with Crippen molar-refractivity contribution >= 4 is 17.5 Å². The number of ketones is 2. The zero-order valence-electron chi connectivity index (χ0n) is 29.3. The maximum Gasteiger partial charge on any atom is 0.350 e. The summed E-state index contributed by atoms with van der Waals surface area (Å²) < 4.78 is 12.4. The van der Waals surface area contributed by atoms with Crippen molar-refractivity contribution in [1.82, 2.24) is 10.6 Å². The van der Waals surface area contributed by atoms with Gasteiger partial charge in [-0.15, -0.1) is 0 Å². The molecule has 0 amide bonds. The fraction of sp³-hybridized carbons (Fsp3) is 0.525. The lowest BCUT2D eigenvalue weighted by atomic mass is 9.69. The van der Waals surface area contributed by atoms with Gasteiger partial charge in [0.15, 0.2) is 11.4 Å². The van der Waals surface area contributed by atoms with Crippen LogP contribution in [0.15, 0.2) is 76.7 Å². The number of benzene rings is 1. The molecule has 0 aromatic heterocycles. The van der Waals surface area contributed by atoms with E-state index in [1.54, 1.807) is 12.1 Å². The van der Waals surface area contributed by atoms with Crippen LogP contribution < -0.4 is 16.4 Å². The van der Waals surface area contributed by atoms with E-state index in [1.165, 1.54) is 5.57 Å². The van der Waals surface area contributed by atoms with E-state index in [0.29, 0.717) is 43.1 Å². The number of hydrogen-bond donors (Lipinski definition) is 4. The fourth-order valence-corrected chi connectivity index (χ4v) is 8.25. The molecule has 0 spiro atoms. The third-order valence-corrected chi connectivity index (χ3v) is 10.9. The maximum absolute atomic E-state index is 14.7. The van der Waals surface area contributed by atoms with Crippen LogP contribution in [0.4, 0.5) is 0 Å². The van der Waals surface area contributed by atoms with Crippen LogP contribution in [0, 0.1) is 17.8 Å². The van der Waals surface area contributed by atoms with E-state index in [-0.39, 0.29) is 48.6 Å². The number of carbonyl (C=O) groups excluding carboxylic acids is 3. The van der Waals surface area contributed by atoms with Crippen LogP contribution in [0.5, 0.6) is 0 Å². The van der Waals surface area contributed by atoms with Gasteiger partial charge in [0.2, 0.25) is 5.78 Å². The molecule has 0 unspecified atom stereocenters. The van der Waals surface area contributed by atoms with Gasteiger partial charge in [-0.3, -0.25) is 9.59 Å². The third kappa shape index (κ3) is 6.48. The summed E-state index contributed by atoms with van der Waals surface area (Å²) in [5, 5.41) is 17.2. The highest BCUT2D eigenvalue weighted by molar-refractivity contribution is 6.33. The molecule has 49 heavy (non-hydrogen) atoms. The first-order valence-electron chi connectivity index (χ1n) is 17.9. The summed E-state index contributed by atoms with van der Waals surface area (Å²) in [4.78, 5) is 43.6. The molecule has 5 aliphatic rings. The first kappa shape index (κ1) is 35.1. The van der Waals surface area contributed by atoms with Gasteiger partial charge >= 0.3 is 5.97 Å². The van der Waals surface area contributed by atoms with Crippen LogP contribution in [0.2, 0.25) is 0 Å². The van der Waals surface area contributed by atoms with E-state index >= 15 is 0 Å². The number of nitrogens with two attached hydrogens (primary N) is 1. The molecule has 9 nitrogen and oxygen atoms in total. The molecule has 9 heteroatoms. The highest BCUT2D eigenvalue weighted by Gasteiger charge is 2.85. The Morgan fingerprint density at radius 3 is 2.80 bits per heavy atom. The smallest absolute Gasteiger partial charge is 0.350 e. The number of epoxide rings is 1. The topological polar surface area (TPSA) is 143 Å². The summed E-state index contributed by atoms with van der Waals surface area (Å²) in [5.74, 6) is -0.523. The molecule has 0 bridgehead atoms. The van der Waals surface area contributed by atoms with Crippen LogP contribution in [0.1, 0.15) is 92.5 Å². The van der Waals surface area contributed by atoms with Crippen molar-refractivity contribution in [3.05, 3.63) is 93.4 Å². The van der Waals surface area contributed by atoms with E-state index in [4.69, 9.17) is 15.2 Å². The van der Waals surface area contributed by atoms with Gasteiger partial charge in [-0.2, -0.15) is 0 Å². The minimum Gasteiger partial charge on any atom is -0.463 e. The normalized spacial score (nSPS) is 29.1. The minimum atomic E-state index is -2.10. The second-order valence-corrected chi connectivity index (χ2v) is 14.7. The molecule has 5 N–H and O–H groups in total. The van der Waals surface area contributed by atoms with Crippen molar-refractivity contribution in [2.24, 2.45) is 23.5 Å². The highest BCUT2D eigenvalue weighted by Crippen LogP contribution is 2.60. The van der Waals surface area contributed by atoms with E-state index in [2.05, 4.69) is 55.7 Å². The number of ether oxygens (including phenoxy) is 2. The first-order chi connectivity index (χ1) is 23.5. The van der Waals surface area contributed by atoms with E-state index < -0.39 is 28.7 Å². The summed E-state index contributed by atoms with van der Waals surface area (Å²) in [5.41, 5.74) is 7.16. The monoisotopic (exact) mass is 669 g/mol. The second kappa shape index (κ2) is 14.2. The summed E-state index contributed by atoms with van der Waals surface area (Å²) in [6, 6.07) is 5.31. The Labute approximate surface area is 289 Å². The zero-order chi connectivity index (χ0) is 34.9. The average Bonchev–Trinajstić information content (AvgIpc) is 3.79. The van der Waals surface area contributed by atoms with Crippen molar-refractivity contribution in [3.8, 4) is 0 Å². The molecule has 3 aliphatic carbocycles. The Morgan fingerprint density at radius 1 is 1.24 bits per heavy atom. The summed E-state index contributed by atoms with van der Waals surface area (Å²) in [7, 11) is 0. The molecule has 1 saturated heterocycles. The molecular weight excluding hydrogens is 618 g/mol. The lowest BCUT2D eigenvalue weighted by molar-refractivity contribution is -0.150. The van der Waals surface area contributed by atoms with Crippen LogP contribution in [-0.4, -0.2) is 66.2 Å². The molecule has 1 aromatic rings. The summed E-state index contributed by atoms with van der Waals surface area (Å²) >= 11 is 0. The van der Waals surface area contributed by atoms with Crippen molar-refractivity contribution < 1.29 is 29.0 Å². The lowest BCUT2D eigenvalue weighted by Gasteiger charge is -2.36.